The summed E-state index contributed by atoms with van der Waals surface area (Å²) in [4.78, 5) is 11.3. The zero-order valence-corrected chi connectivity index (χ0v) is 11.1. The topological polar surface area (TPSA) is 47.6 Å². The van der Waals surface area contributed by atoms with Gasteiger partial charge in [-0.15, -0.1) is 0 Å². The van der Waals surface area contributed by atoms with Gasteiger partial charge in [-0.25, -0.2) is 4.79 Å². The Morgan fingerprint density at radius 2 is 2.06 bits per heavy atom. The Morgan fingerprint density at radius 1 is 1.41 bits per heavy atom. The van der Waals surface area contributed by atoms with Crippen molar-refractivity contribution in [2.45, 2.75) is 19.9 Å². The maximum absolute atomic E-state index is 11.3. The number of carbonyl (C=O) groups excluding carboxylic acids is 1. The second-order valence-electron chi connectivity index (χ2n) is 3.69. The van der Waals surface area contributed by atoms with Crippen LogP contribution in [0.4, 0.5) is 5.69 Å². The first-order valence-electron chi connectivity index (χ1n) is 5.18. The van der Waals surface area contributed by atoms with Gasteiger partial charge in [0, 0.05) is 11.1 Å². The molecule has 5 heteroatoms. The van der Waals surface area contributed by atoms with Gasteiger partial charge >= 0.3 is 5.97 Å². The van der Waals surface area contributed by atoms with Crippen LogP contribution in [0.1, 0.15) is 12.5 Å². The molecule has 0 heterocycles. The summed E-state index contributed by atoms with van der Waals surface area (Å²) < 4.78 is 9.84. The number of rotatable bonds is 4. The standard InChI is InChI=1S/C12H16ClNO3/c1-7-5-10(11(16-3)6-9(7)13)14-8(2)12(15)17-4/h5-6,8,14H,1-4H3/t8-/m0/s1. The number of aryl methyl sites for hydroxylation is 1. The number of nitrogens with one attached hydrogen (secondary N) is 1. The van der Waals surface area contributed by atoms with Crippen molar-refractivity contribution in [2.24, 2.45) is 0 Å². The van der Waals surface area contributed by atoms with Gasteiger partial charge in [0.25, 0.3) is 0 Å². The summed E-state index contributed by atoms with van der Waals surface area (Å²) >= 11 is 5.99. The molecule has 1 rings (SSSR count). The third-order valence-corrected chi connectivity index (χ3v) is 2.81. The van der Waals surface area contributed by atoms with Gasteiger partial charge in [0.15, 0.2) is 0 Å². The summed E-state index contributed by atoms with van der Waals surface area (Å²) in [6.45, 7) is 3.60. The Kier molecular flexibility index (Phi) is 4.63. The largest absolute Gasteiger partial charge is 0.495 e. The smallest absolute Gasteiger partial charge is 0.327 e. The average molecular weight is 258 g/mol. The minimum Gasteiger partial charge on any atom is -0.495 e. The van der Waals surface area contributed by atoms with Crippen LogP contribution in [0.2, 0.25) is 5.02 Å². The number of methoxy groups -OCH3 is 2. The first-order chi connectivity index (χ1) is 7.99. The Balaban J connectivity index is 2.97. The molecule has 1 N–H and O–H groups in total. The number of hydrogen-bond acceptors (Lipinski definition) is 4. The van der Waals surface area contributed by atoms with E-state index in [4.69, 9.17) is 16.3 Å². The monoisotopic (exact) mass is 257 g/mol. The SMILES string of the molecule is COC(=O)[C@H](C)Nc1cc(C)c(Cl)cc1OC. The van der Waals surface area contributed by atoms with Crippen molar-refractivity contribution in [2.75, 3.05) is 19.5 Å². The van der Waals surface area contributed by atoms with Crippen molar-refractivity contribution in [1.82, 2.24) is 0 Å². The van der Waals surface area contributed by atoms with E-state index in [0.29, 0.717) is 16.5 Å². The predicted molar refractivity (Wildman–Crippen MR) is 67.8 cm³/mol. The van der Waals surface area contributed by atoms with Gasteiger partial charge in [0.2, 0.25) is 0 Å². The highest BCUT2D eigenvalue weighted by atomic mass is 35.5. The predicted octanol–water partition coefficient (Wildman–Crippen LogP) is 2.63. The quantitative estimate of drug-likeness (QED) is 0.843. The number of halogens is 1. The van der Waals surface area contributed by atoms with Gasteiger partial charge in [-0.05, 0) is 25.5 Å². The number of hydrogen-bond donors (Lipinski definition) is 1. The van der Waals surface area contributed by atoms with E-state index in [-0.39, 0.29) is 5.97 Å². The van der Waals surface area contributed by atoms with E-state index in [2.05, 4.69) is 10.1 Å². The van der Waals surface area contributed by atoms with Gasteiger partial charge in [-0.1, -0.05) is 11.6 Å². The van der Waals surface area contributed by atoms with Crippen LogP contribution in [-0.2, 0) is 9.53 Å². The lowest BCUT2D eigenvalue weighted by molar-refractivity contribution is -0.141. The summed E-state index contributed by atoms with van der Waals surface area (Å²) in [6, 6.07) is 3.10. The molecular formula is C12H16ClNO3. The molecule has 17 heavy (non-hydrogen) atoms. The fourth-order valence-electron chi connectivity index (χ4n) is 1.41. The molecule has 1 aromatic carbocycles. The van der Waals surface area contributed by atoms with Gasteiger partial charge in [-0.2, -0.15) is 0 Å². The van der Waals surface area contributed by atoms with Crippen LogP contribution < -0.4 is 10.1 Å². The minimum absolute atomic E-state index is 0.334. The molecule has 0 radical (unpaired) electrons. The molecule has 94 valence electrons. The highest BCUT2D eigenvalue weighted by Gasteiger charge is 2.15. The van der Waals surface area contributed by atoms with E-state index in [1.54, 1.807) is 20.1 Å². The number of ether oxygens (including phenoxy) is 2. The van der Waals surface area contributed by atoms with Crippen molar-refractivity contribution in [3.05, 3.63) is 22.7 Å². The highest BCUT2D eigenvalue weighted by molar-refractivity contribution is 6.31. The summed E-state index contributed by atoms with van der Waals surface area (Å²) in [5.41, 5.74) is 1.62. The fourth-order valence-corrected chi connectivity index (χ4v) is 1.57. The number of esters is 1. The molecule has 0 unspecified atom stereocenters. The van der Waals surface area contributed by atoms with Gasteiger partial charge in [0.1, 0.15) is 11.8 Å². The highest BCUT2D eigenvalue weighted by Crippen LogP contribution is 2.31. The molecule has 0 aliphatic rings. The molecule has 0 aromatic heterocycles. The Hall–Kier alpha value is -1.42. The molecule has 1 aromatic rings. The fraction of sp³-hybridized carbons (Fsp3) is 0.417. The lowest BCUT2D eigenvalue weighted by atomic mass is 10.2. The summed E-state index contributed by atoms with van der Waals surface area (Å²) in [5, 5.41) is 3.65. The Morgan fingerprint density at radius 3 is 2.59 bits per heavy atom. The summed E-state index contributed by atoms with van der Waals surface area (Å²) in [6.07, 6.45) is 0. The molecule has 0 saturated carbocycles. The number of anilines is 1. The van der Waals surface area contributed by atoms with Crippen LogP contribution in [0.15, 0.2) is 12.1 Å². The van der Waals surface area contributed by atoms with Crippen LogP contribution >= 0.6 is 11.6 Å². The lowest BCUT2D eigenvalue weighted by Crippen LogP contribution is -2.27. The maximum Gasteiger partial charge on any atom is 0.327 e. The molecule has 0 aliphatic heterocycles. The normalized spacial score (nSPS) is 11.8. The van der Waals surface area contributed by atoms with E-state index < -0.39 is 6.04 Å². The van der Waals surface area contributed by atoms with E-state index >= 15 is 0 Å². The lowest BCUT2D eigenvalue weighted by Gasteiger charge is -2.16. The molecule has 0 amide bonds. The van der Waals surface area contributed by atoms with Crippen molar-refractivity contribution in [3.63, 3.8) is 0 Å². The van der Waals surface area contributed by atoms with Crippen molar-refractivity contribution in [3.8, 4) is 5.75 Å². The van der Waals surface area contributed by atoms with E-state index in [0.717, 1.165) is 5.56 Å². The molecular weight excluding hydrogens is 242 g/mol. The molecule has 0 aliphatic carbocycles. The zero-order valence-electron chi connectivity index (χ0n) is 10.3. The van der Waals surface area contributed by atoms with Gasteiger partial charge < -0.3 is 14.8 Å². The zero-order chi connectivity index (χ0) is 13.0. The number of benzene rings is 1. The second-order valence-corrected chi connectivity index (χ2v) is 4.10. The average Bonchev–Trinajstić information content (AvgIpc) is 2.32. The molecule has 1 atom stereocenters. The van der Waals surface area contributed by atoms with Crippen LogP contribution in [0.25, 0.3) is 0 Å². The van der Waals surface area contributed by atoms with Crippen LogP contribution in [0, 0.1) is 6.92 Å². The molecule has 0 spiro atoms. The van der Waals surface area contributed by atoms with Crippen molar-refractivity contribution in [1.29, 1.82) is 0 Å². The first-order valence-corrected chi connectivity index (χ1v) is 5.56. The second kappa shape index (κ2) is 5.77. The Labute approximate surface area is 106 Å². The third-order valence-electron chi connectivity index (χ3n) is 2.41. The van der Waals surface area contributed by atoms with Gasteiger partial charge in [-0.3, -0.25) is 0 Å². The Bertz CT molecular complexity index is 420. The van der Waals surface area contributed by atoms with E-state index in [1.807, 2.05) is 13.0 Å². The van der Waals surface area contributed by atoms with Crippen LogP contribution in [0.3, 0.4) is 0 Å². The molecule has 4 nitrogen and oxygen atoms in total. The molecule has 0 bridgehead atoms. The van der Waals surface area contributed by atoms with Crippen molar-refractivity contribution < 1.29 is 14.3 Å². The maximum atomic E-state index is 11.3. The summed E-state index contributed by atoms with van der Waals surface area (Å²) in [7, 11) is 2.90. The molecule has 0 fully saturated rings. The van der Waals surface area contributed by atoms with Crippen LogP contribution in [-0.4, -0.2) is 26.2 Å². The van der Waals surface area contributed by atoms with Crippen LogP contribution in [0.5, 0.6) is 5.75 Å². The first kappa shape index (κ1) is 13.6. The van der Waals surface area contributed by atoms with E-state index in [9.17, 15) is 4.79 Å². The molecule has 0 saturated heterocycles. The third kappa shape index (κ3) is 3.27. The number of carbonyl (C=O) groups is 1. The summed E-state index contributed by atoms with van der Waals surface area (Å²) in [5.74, 6) is 0.260. The van der Waals surface area contributed by atoms with Gasteiger partial charge in [0.05, 0.1) is 19.9 Å². The minimum atomic E-state index is -0.450. The van der Waals surface area contributed by atoms with Crippen molar-refractivity contribution >= 4 is 23.3 Å². The van der Waals surface area contributed by atoms with E-state index in [1.165, 1.54) is 7.11 Å².